The molecule has 3 rings (SSSR count). The minimum atomic E-state index is -0.201. The highest BCUT2D eigenvalue weighted by molar-refractivity contribution is 7.22. The zero-order valence-corrected chi connectivity index (χ0v) is 15.1. The predicted molar refractivity (Wildman–Crippen MR) is 106 cm³/mol. The second-order valence-electron chi connectivity index (χ2n) is 5.74. The highest BCUT2D eigenvalue weighted by Gasteiger charge is 2.15. The summed E-state index contributed by atoms with van der Waals surface area (Å²) in [7, 11) is 0. The first-order chi connectivity index (χ1) is 12.6. The average Bonchev–Trinajstić information content (AvgIpc) is 3.10. The van der Waals surface area contributed by atoms with Crippen LogP contribution in [0.5, 0.6) is 0 Å². The van der Waals surface area contributed by atoms with Crippen LogP contribution in [-0.4, -0.2) is 33.4 Å². The van der Waals surface area contributed by atoms with Crippen molar-refractivity contribution in [3.8, 4) is 10.4 Å². The van der Waals surface area contributed by atoms with Crippen LogP contribution in [0.3, 0.4) is 0 Å². The fourth-order valence-corrected chi connectivity index (χ4v) is 3.70. The molecule has 0 saturated heterocycles. The van der Waals surface area contributed by atoms with E-state index in [-0.39, 0.29) is 18.0 Å². The fourth-order valence-electron chi connectivity index (χ4n) is 2.64. The fraction of sp³-hybridized carbons (Fsp3) is 0.150. The predicted octanol–water partition coefficient (Wildman–Crippen LogP) is 3.33. The minimum Gasteiger partial charge on any atom is -0.334 e. The second kappa shape index (κ2) is 7.93. The number of fused-ring (bicyclic) bond motifs is 1. The molecular weight excluding hydrogens is 346 g/mol. The Morgan fingerprint density at radius 2 is 1.88 bits per heavy atom. The summed E-state index contributed by atoms with van der Waals surface area (Å²) in [6.45, 7) is 8.07. The van der Waals surface area contributed by atoms with Crippen molar-refractivity contribution in [2.24, 2.45) is 0 Å². The summed E-state index contributed by atoms with van der Waals surface area (Å²) in [6.07, 6.45) is 4.73. The zero-order valence-electron chi connectivity index (χ0n) is 14.3. The van der Waals surface area contributed by atoms with Crippen molar-refractivity contribution in [3.05, 3.63) is 78.4 Å². The van der Waals surface area contributed by atoms with E-state index in [2.05, 4.69) is 18.1 Å². The lowest BCUT2D eigenvalue weighted by molar-refractivity contribution is -0.130. The molecule has 2 heterocycles. The molecule has 0 radical (unpaired) electrons. The standard InChI is InChI=1S/C20H19N3O2S/c1-3-10-22(11-4-2)18(24)13-23-14-21-16-12-17(26-19(16)20(23)25)15-8-6-5-7-9-15/h3-9,12,14H,1-2,10-11,13H2. The molecule has 1 aromatic carbocycles. The maximum atomic E-state index is 12.8. The Morgan fingerprint density at radius 1 is 1.19 bits per heavy atom. The maximum absolute atomic E-state index is 12.8. The largest absolute Gasteiger partial charge is 0.334 e. The van der Waals surface area contributed by atoms with E-state index in [1.807, 2.05) is 36.4 Å². The Hall–Kier alpha value is -2.99. The third kappa shape index (κ3) is 3.65. The van der Waals surface area contributed by atoms with Gasteiger partial charge in [-0.05, 0) is 11.6 Å². The van der Waals surface area contributed by atoms with E-state index in [0.29, 0.717) is 23.3 Å². The molecule has 6 heteroatoms. The molecule has 0 N–H and O–H groups in total. The Balaban J connectivity index is 1.92. The van der Waals surface area contributed by atoms with Crippen molar-refractivity contribution in [2.45, 2.75) is 6.54 Å². The number of benzene rings is 1. The van der Waals surface area contributed by atoms with Gasteiger partial charge in [-0.25, -0.2) is 4.98 Å². The number of amides is 1. The number of hydrogen-bond acceptors (Lipinski definition) is 4. The number of nitrogens with zero attached hydrogens (tertiary/aromatic N) is 3. The van der Waals surface area contributed by atoms with E-state index < -0.39 is 0 Å². The molecule has 132 valence electrons. The van der Waals surface area contributed by atoms with E-state index in [1.54, 1.807) is 17.1 Å². The smallest absolute Gasteiger partial charge is 0.271 e. The number of aromatic nitrogens is 2. The van der Waals surface area contributed by atoms with Gasteiger partial charge in [0, 0.05) is 18.0 Å². The summed E-state index contributed by atoms with van der Waals surface area (Å²) in [5.74, 6) is -0.173. The van der Waals surface area contributed by atoms with Crippen LogP contribution in [0.25, 0.3) is 20.7 Å². The molecular formula is C20H19N3O2S. The molecule has 0 unspecified atom stereocenters. The average molecular weight is 365 g/mol. The van der Waals surface area contributed by atoms with Crippen LogP contribution in [0.15, 0.2) is 72.8 Å². The van der Waals surface area contributed by atoms with Gasteiger partial charge in [0.15, 0.2) is 0 Å². The first-order valence-electron chi connectivity index (χ1n) is 8.18. The summed E-state index contributed by atoms with van der Waals surface area (Å²) in [4.78, 5) is 32.1. The summed E-state index contributed by atoms with van der Waals surface area (Å²) < 4.78 is 1.91. The molecule has 26 heavy (non-hydrogen) atoms. The number of rotatable bonds is 7. The molecule has 0 aliphatic heterocycles. The van der Waals surface area contributed by atoms with E-state index in [0.717, 1.165) is 10.4 Å². The van der Waals surface area contributed by atoms with Gasteiger partial charge >= 0.3 is 0 Å². The lowest BCUT2D eigenvalue weighted by Gasteiger charge is -2.19. The first kappa shape index (κ1) is 17.8. The van der Waals surface area contributed by atoms with Crippen LogP contribution in [0.1, 0.15) is 0 Å². The molecule has 0 bridgehead atoms. The van der Waals surface area contributed by atoms with E-state index in [4.69, 9.17) is 0 Å². The van der Waals surface area contributed by atoms with Gasteiger partial charge < -0.3 is 4.90 Å². The van der Waals surface area contributed by atoms with Crippen LogP contribution in [0.2, 0.25) is 0 Å². The van der Waals surface area contributed by atoms with Gasteiger partial charge in [0.1, 0.15) is 11.2 Å². The van der Waals surface area contributed by atoms with Crippen molar-refractivity contribution in [1.29, 1.82) is 0 Å². The quantitative estimate of drug-likeness (QED) is 0.604. The van der Waals surface area contributed by atoms with Crippen molar-refractivity contribution in [3.63, 3.8) is 0 Å². The van der Waals surface area contributed by atoms with Crippen LogP contribution in [-0.2, 0) is 11.3 Å². The lowest BCUT2D eigenvalue weighted by atomic mass is 10.2. The second-order valence-corrected chi connectivity index (χ2v) is 6.80. The summed E-state index contributed by atoms with van der Waals surface area (Å²) in [6, 6.07) is 11.8. The third-order valence-corrected chi connectivity index (χ3v) is 5.08. The number of carbonyl (C=O) groups is 1. The van der Waals surface area contributed by atoms with Crippen molar-refractivity contribution < 1.29 is 4.79 Å². The normalized spacial score (nSPS) is 10.6. The van der Waals surface area contributed by atoms with Gasteiger partial charge in [-0.1, -0.05) is 42.5 Å². The number of carbonyl (C=O) groups excluding carboxylic acids is 1. The van der Waals surface area contributed by atoms with Gasteiger partial charge in [0.2, 0.25) is 5.91 Å². The molecule has 0 fully saturated rings. The highest BCUT2D eigenvalue weighted by Crippen LogP contribution is 2.30. The van der Waals surface area contributed by atoms with Crippen molar-refractivity contribution in [2.75, 3.05) is 13.1 Å². The first-order valence-corrected chi connectivity index (χ1v) is 8.99. The van der Waals surface area contributed by atoms with Gasteiger partial charge in [0.25, 0.3) is 5.56 Å². The lowest BCUT2D eigenvalue weighted by Crippen LogP contribution is -2.36. The Labute approximate surface area is 155 Å². The number of hydrogen-bond donors (Lipinski definition) is 0. The maximum Gasteiger partial charge on any atom is 0.271 e. The molecule has 5 nitrogen and oxygen atoms in total. The molecule has 0 aliphatic carbocycles. The monoisotopic (exact) mass is 365 g/mol. The molecule has 0 atom stereocenters. The minimum absolute atomic E-state index is 0.0535. The molecule has 0 aliphatic rings. The summed E-state index contributed by atoms with van der Waals surface area (Å²) in [5.41, 5.74) is 1.49. The molecule has 2 aromatic heterocycles. The van der Waals surface area contributed by atoms with E-state index in [9.17, 15) is 9.59 Å². The van der Waals surface area contributed by atoms with Crippen LogP contribution < -0.4 is 5.56 Å². The van der Waals surface area contributed by atoms with Crippen LogP contribution >= 0.6 is 11.3 Å². The third-order valence-electron chi connectivity index (χ3n) is 3.92. The van der Waals surface area contributed by atoms with Gasteiger partial charge in [-0.2, -0.15) is 0 Å². The molecule has 1 amide bonds. The van der Waals surface area contributed by atoms with Gasteiger partial charge in [0.05, 0.1) is 11.8 Å². The molecule has 3 aromatic rings. The van der Waals surface area contributed by atoms with Crippen LogP contribution in [0, 0.1) is 0 Å². The van der Waals surface area contributed by atoms with Gasteiger partial charge in [-0.15, -0.1) is 24.5 Å². The van der Waals surface area contributed by atoms with Crippen LogP contribution in [0.4, 0.5) is 0 Å². The Morgan fingerprint density at radius 3 is 2.54 bits per heavy atom. The number of thiophene rings is 1. The topological polar surface area (TPSA) is 55.2 Å². The molecule has 0 saturated carbocycles. The summed E-state index contributed by atoms with van der Waals surface area (Å²) >= 11 is 1.39. The van der Waals surface area contributed by atoms with E-state index in [1.165, 1.54) is 22.2 Å². The zero-order chi connectivity index (χ0) is 18.5. The molecule has 0 spiro atoms. The SMILES string of the molecule is C=CCN(CC=C)C(=O)Cn1cnc2cc(-c3ccccc3)sc2c1=O. The van der Waals surface area contributed by atoms with Crippen molar-refractivity contribution >= 4 is 27.5 Å². The highest BCUT2D eigenvalue weighted by atomic mass is 32.1. The van der Waals surface area contributed by atoms with Crippen molar-refractivity contribution in [1.82, 2.24) is 14.5 Å². The Kier molecular flexibility index (Phi) is 5.43. The van der Waals surface area contributed by atoms with E-state index >= 15 is 0 Å². The summed E-state index contributed by atoms with van der Waals surface area (Å²) in [5, 5.41) is 0. The van der Waals surface area contributed by atoms with Gasteiger partial charge in [-0.3, -0.25) is 14.2 Å². The Bertz CT molecular complexity index is 995.